The Morgan fingerprint density at radius 1 is 1.20 bits per heavy atom. The summed E-state index contributed by atoms with van der Waals surface area (Å²) >= 11 is 0. The molecule has 0 heterocycles. The summed E-state index contributed by atoms with van der Waals surface area (Å²) in [5.74, 6) is -0.0576. The van der Waals surface area contributed by atoms with Crippen LogP contribution in [0.2, 0.25) is 0 Å². The standard InChI is InChI=1S/C9H16O3.C5H11NO2/c1-2-12-9(11)7-3-5-8(10)6-4-7;1-5(2,3)8-4(6)7/h7-8,10H,2-6H2,1H3;1-3H3,(H2,6,7). The molecule has 3 N–H and O–H groups in total. The highest BCUT2D eigenvalue weighted by molar-refractivity contribution is 5.72. The van der Waals surface area contributed by atoms with Gasteiger partial charge in [0.25, 0.3) is 0 Å². The molecule has 0 radical (unpaired) electrons. The van der Waals surface area contributed by atoms with Gasteiger partial charge in [0, 0.05) is 0 Å². The number of amides is 1. The molecule has 0 saturated heterocycles. The third kappa shape index (κ3) is 9.61. The van der Waals surface area contributed by atoms with E-state index in [1.807, 2.05) is 6.92 Å². The Morgan fingerprint density at radius 3 is 2.00 bits per heavy atom. The molecule has 1 aliphatic rings. The van der Waals surface area contributed by atoms with Crippen LogP contribution in [-0.4, -0.2) is 35.5 Å². The first-order chi connectivity index (χ1) is 9.15. The molecule has 0 unspecified atom stereocenters. The van der Waals surface area contributed by atoms with Crippen molar-refractivity contribution < 1.29 is 24.2 Å². The van der Waals surface area contributed by atoms with Crippen molar-refractivity contribution in [3.05, 3.63) is 0 Å². The number of hydrogen-bond donors (Lipinski definition) is 2. The maximum atomic E-state index is 11.2. The zero-order valence-corrected chi connectivity index (χ0v) is 12.8. The second-order valence-electron chi connectivity index (χ2n) is 5.79. The van der Waals surface area contributed by atoms with E-state index in [2.05, 4.69) is 4.74 Å². The van der Waals surface area contributed by atoms with E-state index in [-0.39, 0.29) is 18.0 Å². The van der Waals surface area contributed by atoms with E-state index in [1.54, 1.807) is 20.8 Å². The van der Waals surface area contributed by atoms with Crippen molar-refractivity contribution in [2.45, 2.75) is 65.1 Å². The van der Waals surface area contributed by atoms with Crippen molar-refractivity contribution >= 4 is 12.1 Å². The summed E-state index contributed by atoms with van der Waals surface area (Å²) in [5.41, 5.74) is 4.26. The molecule has 0 aromatic carbocycles. The number of carbonyl (C=O) groups is 2. The number of carbonyl (C=O) groups excluding carboxylic acids is 2. The highest BCUT2D eigenvalue weighted by Crippen LogP contribution is 2.24. The summed E-state index contributed by atoms with van der Waals surface area (Å²) < 4.78 is 9.47. The van der Waals surface area contributed by atoms with Crippen LogP contribution in [0, 0.1) is 5.92 Å². The molecule has 1 rings (SSSR count). The lowest BCUT2D eigenvalue weighted by Crippen LogP contribution is -2.27. The fraction of sp³-hybridized carbons (Fsp3) is 0.857. The maximum absolute atomic E-state index is 11.2. The van der Waals surface area contributed by atoms with Crippen molar-refractivity contribution in [2.24, 2.45) is 11.7 Å². The van der Waals surface area contributed by atoms with Crippen LogP contribution in [0.4, 0.5) is 4.79 Å². The van der Waals surface area contributed by atoms with Crippen LogP contribution < -0.4 is 5.73 Å². The molecule has 118 valence electrons. The summed E-state index contributed by atoms with van der Waals surface area (Å²) in [5, 5.41) is 9.19. The second kappa shape index (κ2) is 8.79. The fourth-order valence-corrected chi connectivity index (χ4v) is 1.87. The number of ether oxygens (including phenoxy) is 2. The highest BCUT2D eigenvalue weighted by atomic mass is 16.6. The first-order valence-electron chi connectivity index (χ1n) is 6.98. The number of aliphatic hydroxyl groups is 1. The van der Waals surface area contributed by atoms with Crippen LogP contribution in [0.15, 0.2) is 0 Å². The minimum atomic E-state index is -0.725. The minimum Gasteiger partial charge on any atom is -0.466 e. The first kappa shape index (κ1) is 18.7. The predicted octanol–water partition coefficient (Wildman–Crippen LogP) is 1.98. The van der Waals surface area contributed by atoms with Gasteiger partial charge in [0.1, 0.15) is 5.60 Å². The quantitative estimate of drug-likeness (QED) is 0.757. The zero-order valence-electron chi connectivity index (χ0n) is 12.8. The van der Waals surface area contributed by atoms with E-state index >= 15 is 0 Å². The number of rotatable bonds is 2. The summed E-state index contributed by atoms with van der Waals surface area (Å²) in [6.45, 7) is 7.56. The molecule has 6 nitrogen and oxygen atoms in total. The zero-order chi connectivity index (χ0) is 15.8. The lowest BCUT2D eigenvalue weighted by atomic mass is 9.88. The van der Waals surface area contributed by atoms with E-state index in [0.29, 0.717) is 6.61 Å². The number of esters is 1. The highest BCUT2D eigenvalue weighted by Gasteiger charge is 2.25. The van der Waals surface area contributed by atoms with Crippen molar-refractivity contribution in [3.8, 4) is 0 Å². The molecule has 1 aliphatic carbocycles. The smallest absolute Gasteiger partial charge is 0.405 e. The van der Waals surface area contributed by atoms with Gasteiger partial charge in [-0.2, -0.15) is 0 Å². The molecule has 1 fully saturated rings. The van der Waals surface area contributed by atoms with Gasteiger partial charge in [0.15, 0.2) is 0 Å². The van der Waals surface area contributed by atoms with Gasteiger partial charge in [-0.1, -0.05) is 0 Å². The van der Waals surface area contributed by atoms with Gasteiger partial charge in [-0.05, 0) is 53.4 Å². The van der Waals surface area contributed by atoms with Crippen LogP contribution in [0.3, 0.4) is 0 Å². The van der Waals surface area contributed by atoms with Gasteiger partial charge in [0.2, 0.25) is 0 Å². The van der Waals surface area contributed by atoms with Gasteiger partial charge in [-0.15, -0.1) is 0 Å². The summed E-state index contributed by atoms with van der Waals surface area (Å²) in [6.07, 6.45) is 2.11. The number of hydrogen-bond acceptors (Lipinski definition) is 5. The first-order valence-corrected chi connectivity index (χ1v) is 6.98. The largest absolute Gasteiger partial charge is 0.466 e. The molecule has 0 bridgehead atoms. The number of nitrogens with two attached hydrogens (primary N) is 1. The minimum absolute atomic E-state index is 0.0355. The van der Waals surface area contributed by atoms with Gasteiger partial charge in [-0.3, -0.25) is 4.79 Å². The van der Waals surface area contributed by atoms with Gasteiger partial charge in [-0.25, -0.2) is 4.79 Å². The second-order valence-corrected chi connectivity index (χ2v) is 5.79. The summed E-state index contributed by atoms with van der Waals surface area (Å²) in [4.78, 5) is 21.2. The molecule has 0 spiro atoms. The fourth-order valence-electron chi connectivity index (χ4n) is 1.87. The Kier molecular flexibility index (Phi) is 8.22. The summed E-state index contributed by atoms with van der Waals surface area (Å²) in [7, 11) is 0. The SMILES string of the molecule is CC(C)(C)OC(N)=O.CCOC(=O)C1CCC(O)CC1. The Bertz CT molecular complexity index is 303. The van der Waals surface area contributed by atoms with Gasteiger partial charge < -0.3 is 20.3 Å². The van der Waals surface area contributed by atoms with Crippen LogP contribution >= 0.6 is 0 Å². The Hall–Kier alpha value is -1.30. The Labute approximate surface area is 120 Å². The predicted molar refractivity (Wildman–Crippen MR) is 75.0 cm³/mol. The van der Waals surface area contributed by atoms with E-state index in [9.17, 15) is 14.7 Å². The van der Waals surface area contributed by atoms with E-state index in [4.69, 9.17) is 10.5 Å². The molecule has 20 heavy (non-hydrogen) atoms. The van der Waals surface area contributed by atoms with Crippen LogP contribution in [0.25, 0.3) is 0 Å². The number of aliphatic hydroxyl groups excluding tert-OH is 1. The van der Waals surface area contributed by atoms with E-state index < -0.39 is 11.7 Å². The third-order valence-corrected chi connectivity index (χ3v) is 2.72. The molecule has 1 saturated carbocycles. The van der Waals surface area contributed by atoms with Crippen LogP contribution in [0.5, 0.6) is 0 Å². The van der Waals surface area contributed by atoms with Gasteiger partial charge >= 0.3 is 12.1 Å². The Morgan fingerprint density at radius 2 is 1.70 bits per heavy atom. The lowest BCUT2D eigenvalue weighted by Gasteiger charge is -2.23. The van der Waals surface area contributed by atoms with Crippen molar-refractivity contribution in [3.63, 3.8) is 0 Å². The van der Waals surface area contributed by atoms with Crippen molar-refractivity contribution in [2.75, 3.05) is 6.61 Å². The lowest BCUT2D eigenvalue weighted by molar-refractivity contribution is -0.149. The number of primary amides is 1. The van der Waals surface area contributed by atoms with Gasteiger partial charge in [0.05, 0.1) is 18.6 Å². The molecule has 6 heteroatoms. The topological polar surface area (TPSA) is 98.9 Å². The average Bonchev–Trinajstić information content (AvgIpc) is 2.27. The van der Waals surface area contributed by atoms with E-state index in [0.717, 1.165) is 25.7 Å². The average molecular weight is 289 g/mol. The Balaban J connectivity index is 0.000000396. The van der Waals surface area contributed by atoms with Crippen LogP contribution in [-0.2, 0) is 14.3 Å². The molecular formula is C14H27NO5. The molecular weight excluding hydrogens is 262 g/mol. The van der Waals surface area contributed by atoms with E-state index in [1.165, 1.54) is 0 Å². The molecule has 0 aromatic rings. The van der Waals surface area contributed by atoms with Crippen LogP contribution in [0.1, 0.15) is 53.4 Å². The summed E-state index contributed by atoms with van der Waals surface area (Å²) in [6, 6.07) is 0. The molecule has 0 aromatic heterocycles. The normalized spacial score (nSPS) is 22.2. The molecule has 1 amide bonds. The molecule has 0 aliphatic heterocycles. The third-order valence-electron chi connectivity index (χ3n) is 2.72. The monoisotopic (exact) mass is 289 g/mol. The van der Waals surface area contributed by atoms with Crippen molar-refractivity contribution in [1.82, 2.24) is 0 Å². The molecule has 0 atom stereocenters. The maximum Gasteiger partial charge on any atom is 0.405 e. The van der Waals surface area contributed by atoms with Crippen molar-refractivity contribution in [1.29, 1.82) is 0 Å².